The number of carbonyl (C=O) groups excluding carboxylic acids is 1. The third-order valence-corrected chi connectivity index (χ3v) is 3.80. The summed E-state index contributed by atoms with van der Waals surface area (Å²) in [6, 6.07) is 10.2. The van der Waals surface area contributed by atoms with E-state index in [0.29, 0.717) is 11.3 Å². The number of imidazole rings is 1. The second kappa shape index (κ2) is 6.08. The first kappa shape index (κ1) is 16.8. The maximum atomic E-state index is 13.6. The van der Waals surface area contributed by atoms with Crippen LogP contribution in [0, 0.1) is 6.92 Å². The number of halogens is 3. The van der Waals surface area contributed by atoms with Crippen molar-refractivity contribution in [3.63, 3.8) is 0 Å². The second-order valence-electron chi connectivity index (χ2n) is 5.56. The average Bonchev–Trinajstić information content (AvgIpc) is 3.00. The number of benzene rings is 2. The van der Waals surface area contributed by atoms with E-state index in [1.165, 1.54) is 35.3 Å². The number of carbonyl (C=O) groups is 1. The quantitative estimate of drug-likeness (QED) is 0.781. The van der Waals surface area contributed by atoms with Gasteiger partial charge in [0.15, 0.2) is 0 Å². The summed E-state index contributed by atoms with van der Waals surface area (Å²) in [6.45, 7) is 1.70. The largest absolute Gasteiger partial charge is 0.418 e. The Morgan fingerprint density at radius 2 is 1.88 bits per heavy atom. The summed E-state index contributed by atoms with van der Waals surface area (Å²) in [7, 11) is 0. The molecule has 0 aliphatic carbocycles. The van der Waals surface area contributed by atoms with Crippen molar-refractivity contribution in [3.05, 3.63) is 71.8 Å². The Balaban J connectivity index is 2.21. The molecule has 0 aliphatic rings. The van der Waals surface area contributed by atoms with E-state index in [0.717, 1.165) is 6.07 Å². The Labute approximate surface area is 141 Å². The van der Waals surface area contributed by atoms with E-state index in [9.17, 15) is 18.0 Å². The summed E-state index contributed by atoms with van der Waals surface area (Å²) >= 11 is 0. The predicted octanol–water partition coefficient (Wildman–Crippen LogP) is 3.97. The number of alkyl halides is 3. The molecular weight excluding hydrogens is 331 g/mol. The fourth-order valence-electron chi connectivity index (χ4n) is 2.66. The maximum absolute atomic E-state index is 13.6. The van der Waals surface area contributed by atoms with Crippen molar-refractivity contribution in [3.8, 4) is 16.8 Å². The Kier molecular flexibility index (Phi) is 4.08. The van der Waals surface area contributed by atoms with Gasteiger partial charge in [-0.15, -0.1) is 0 Å². The fraction of sp³-hybridized carbons (Fsp3) is 0.111. The lowest BCUT2D eigenvalue weighted by atomic mass is 9.96. The van der Waals surface area contributed by atoms with E-state index >= 15 is 0 Å². The van der Waals surface area contributed by atoms with Crippen LogP contribution in [-0.2, 0) is 6.18 Å². The molecule has 1 heterocycles. The van der Waals surface area contributed by atoms with Crippen molar-refractivity contribution in [1.82, 2.24) is 9.55 Å². The molecule has 1 amide bonds. The number of amides is 1. The maximum Gasteiger partial charge on any atom is 0.418 e. The molecule has 7 heteroatoms. The molecule has 0 saturated heterocycles. The highest BCUT2D eigenvalue weighted by Gasteiger charge is 2.34. The number of hydrogen-bond acceptors (Lipinski definition) is 2. The SMILES string of the molecule is Cc1cn(-c2ccc(-c3ccccc3C(N)=O)cc2C(F)(F)F)cn1. The first-order chi connectivity index (χ1) is 11.8. The zero-order valence-electron chi connectivity index (χ0n) is 13.2. The van der Waals surface area contributed by atoms with Crippen LogP contribution >= 0.6 is 0 Å². The van der Waals surface area contributed by atoms with Gasteiger partial charge in [-0.25, -0.2) is 4.98 Å². The minimum absolute atomic E-state index is 0.0339. The first-order valence-corrected chi connectivity index (χ1v) is 7.39. The van der Waals surface area contributed by atoms with E-state index in [2.05, 4.69) is 4.98 Å². The number of aromatic nitrogens is 2. The van der Waals surface area contributed by atoms with Crippen LogP contribution in [0.1, 0.15) is 21.6 Å². The van der Waals surface area contributed by atoms with Gasteiger partial charge in [0.25, 0.3) is 0 Å². The minimum Gasteiger partial charge on any atom is -0.366 e. The van der Waals surface area contributed by atoms with Crippen molar-refractivity contribution in [2.24, 2.45) is 5.73 Å². The van der Waals surface area contributed by atoms with Crippen LogP contribution in [0.25, 0.3) is 16.8 Å². The topological polar surface area (TPSA) is 60.9 Å². The average molecular weight is 345 g/mol. The molecular formula is C18H14F3N3O. The van der Waals surface area contributed by atoms with E-state index in [4.69, 9.17) is 5.73 Å². The highest BCUT2D eigenvalue weighted by atomic mass is 19.4. The monoisotopic (exact) mass is 345 g/mol. The number of aryl methyl sites for hydroxylation is 1. The zero-order valence-corrected chi connectivity index (χ0v) is 13.2. The van der Waals surface area contributed by atoms with E-state index in [-0.39, 0.29) is 16.8 Å². The molecule has 0 saturated carbocycles. The van der Waals surface area contributed by atoms with Gasteiger partial charge in [0, 0.05) is 11.8 Å². The summed E-state index contributed by atoms with van der Waals surface area (Å²) < 4.78 is 42.0. The Hall–Kier alpha value is -3.09. The van der Waals surface area contributed by atoms with Gasteiger partial charge in [-0.2, -0.15) is 13.2 Å². The molecule has 4 nitrogen and oxygen atoms in total. The lowest BCUT2D eigenvalue weighted by Crippen LogP contribution is -2.13. The molecule has 0 spiro atoms. The van der Waals surface area contributed by atoms with Gasteiger partial charge < -0.3 is 10.3 Å². The molecule has 0 aliphatic heterocycles. The molecule has 128 valence electrons. The highest BCUT2D eigenvalue weighted by molar-refractivity contribution is 5.99. The molecule has 0 radical (unpaired) electrons. The van der Waals surface area contributed by atoms with Crippen LogP contribution in [-0.4, -0.2) is 15.5 Å². The van der Waals surface area contributed by atoms with Crippen LogP contribution in [0.3, 0.4) is 0 Å². The van der Waals surface area contributed by atoms with Gasteiger partial charge in [0.05, 0.1) is 23.3 Å². The molecule has 0 bridgehead atoms. The Bertz CT molecular complexity index is 945. The Morgan fingerprint density at radius 1 is 1.16 bits per heavy atom. The van der Waals surface area contributed by atoms with Gasteiger partial charge in [-0.1, -0.05) is 24.3 Å². The van der Waals surface area contributed by atoms with Crippen molar-refractivity contribution in [2.75, 3.05) is 0 Å². The van der Waals surface area contributed by atoms with Crippen LogP contribution in [0.5, 0.6) is 0 Å². The van der Waals surface area contributed by atoms with E-state index in [1.54, 1.807) is 25.1 Å². The van der Waals surface area contributed by atoms with Gasteiger partial charge in [-0.3, -0.25) is 4.79 Å². The lowest BCUT2D eigenvalue weighted by molar-refractivity contribution is -0.137. The van der Waals surface area contributed by atoms with E-state index in [1.807, 2.05) is 0 Å². The van der Waals surface area contributed by atoms with Crippen LogP contribution in [0.2, 0.25) is 0 Å². The molecule has 1 aromatic heterocycles. The number of rotatable bonds is 3. The number of nitrogens with zero attached hydrogens (tertiary/aromatic N) is 2. The van der Waals surface area contributed by atoms with Gasteiger partial charge in [-0.05, 0) is 36.2 Å². The Morgan fingerprint density at radius 3 is 2.48 bits per heavy atom. The van der Waals surface area contributed by atoms with Gasteiger partial charge in [0.2, 0.25) is 5.91 Å². The third-order valence-electron chi connectivity index (χ3n) is 3.80. The molecule has 3 aromatic rings. The summed E-state index contributed by atoms with van der Waals surface area (Å²) in [4.78, 5) is 15.5. The normalized spacial score (nSPS) is 11.5. The number of nitrogens with two attached hydrogens (primary N) is 1. The smallest absolute Gasteiger partial charge is 0.366 e. The van der Waals surface area contributed by atoms with Crippen molar-refractivity contribution >= 4 is 5.91 Å². The number of primary amides is 1. The third kappa shape index (κ3) is 3.26. The molecule has 25 heavy (non-hydrogen) atoms. The lowest BCUT2D eigenvalue weighted by Gasteiger charge is -2.16. The van der Waals surface area contributed by atoms with Crippen molar-refractivity contribution < 1.29 is 18.0 Å². The molecule has 0 atom stereocenters. The van der Waals surface area contributed by atoms with Crippen LogP contribution < -0.4 is 5.73 Å². The van der Waals surface area contributed by atoms with Crippen molar-refractivity contribution in [1.29, 1.82) is 0 Å². The highest BCUT2D eigenvalue weighted by Crippen LogP contribution is 2.37. The second-order valence-corrected chi connectivity index (χ2v) is 5.56. The molecule has 3 rings (SSSR count). The summed E-state index contributed by atoms with van der Waals surface area (Å²) in [5.74, 6) is -0.696. The van der Waals surface area contributed by atoms with Crippen molar-refractivity contribution in [2.45, 2.75) is 13.1 Å². The van der Waals surface area contributed by atoms with Gasteiger partial charge >= 0.3 is 6.18 Å². The van der Waals surface area contributed by atoms with Gasteiger partial charge in [0.1, 0.15) is 0 Å². The van der Waals surface area contributed by atoms with Crippen LogP contribution in [0.15, 0.2) is 55.0 Å². The molecule has 0 unspecified atom stereocenters. The van der Waals surface area contributed by atoms with E-state index < -0.39 is 17.6 Å². The van der Waals surface area contributed by atoms with Crippen LogP contribution in [0.4, 0.5) is 13.2 Å². The number of hydrogen-bond donors (Lipinski definition) is 1. The fourth-order valence-corrected chi connectivity index (χ4v) is 2.66. The molecule has 0 fully saturated rings. The summed E-state index contributed by atoms with van der Waals surface area (Å²) in [5.41, 5.74) is 5.87. The molecule has 2 aromatic carbocycles. The minimum atomic E-state index is -4.56. The first-order valence-electron chi connectivity index (χ1n) is 7.39. The summed E-state index contributed by atoms with van der Waals surface area (Å²) in [5, 5.41) is 0. The molecule has 2 N–H and O–H groups in total. The zero-order chi connectivity index (χ0) is 18.2. The summed E-state index contributed by atoms with van der Waals surface area (Å²) in [6.07, 6.45) is -1.72. The predicted molar refractivity (Wildman–Crippen MR) is 87.3 cm³/mol. The standard InChI is InChI=1S/C18H14F3N3O/c1-11-9-24(10-23-11)16-7-6-12(8-15(16)18(19,20)21)13-4-2-3-5-14(13)17(22)25/h2-10H,1H3,(H2,22,25).